The highest BCUT2D eigenvalue weighted by Crippen LogP contribution is 2.32. The van der Waals surface area contributed by atoms with E-state index in [0.29, 0.717) is 27.7 Å². The molecule has 29 heavy (non-hydrogen) atoms. The first-order valence-corrected chi connectivity index (χ1v) is 12.0. The smallest absolute Gasteiger partial charge is 0.342 e. The van der Waals surface area contributed by atoms with Gasteiger partial charge >= 0.3 is 5.97 Å². The molecule has 1 aliphatic carbocycles. The normalized spacial score (nSPS) is 14.6. The average molecular weight is 434 g/mol. The Kier molecular flexibility index (Phi) is 8.06. The van der Waals surface area contributed by atoms with Gasteiger partial charge in [-0.1, -0.05) is 43.2 Å². The van der Waals surface area contributed by atoms with Crippen LogP contribution in [0.15, 0.2) is 34.4 Å². The number of methoxy groups -OCH3 is 1. The molecule has 6 nitrogen and oxygen atoms in total. The molecule has 2 N–H and O–H groups in total. The lowest BCUT2D eigenvalue weighted by molar-refractivity contribution is 0.0692. The third kappa shape index (κ3) is 6.02. The summed E-state index contributed by atoms with van der Waals surface area (Å²) in [5.74, 6) is 1.43. The van der Waals surface area contributed by atoms with Crippen molar-refractivity contribution in [3.05, 3.63) is 35.4 Å². The van der Waals surface area contributed by atoms with Gasteiger partial charge in [0.05, 0.1) is 7.11 Å². The molecule has 1 heterocycles. The lowest BCUT2D eigenvalue weighted by atomic mass is 9.89. The molecule has 1 aromatic heterocycles. The van der Waals surface area contributed by atoms with Crippen molar-refractivity contribution in [3.63, 3.8) is 0 Å². The number of aromatic nitrogens is 2. The molecule has 1 saturated carbocycles. The third-order valence-electron chi connectivity index (χ3n) is 5.07. The van der Waals surface area contributed by atoms with E-state index >= 15 is 0 Å². The van der Waals surface area contributed by atoms with Crippen LogP contribution in [-0.2, 0) is 5.75 Å². The van der Waals surface area contributed by atoms with Crippen molar-refractivity contribution in [2.45, 2.75) is 48.0 Å². The third-order valence-corrected chi connectivity index (χ3v) is 6.66. The Morgan fingerprint density at radius 3 is 2.55 bits per heavy atom. The number of hydrogen-bond donors (Lipinski definition) is 2. The largest absolute Gasteiger partial charge is 0.497 e. The molecular weight excluding hydrogens is 406 g/mol. The summed E-state index contributed by atoms with van der Waals surface area (Å²) in [7, 11) is 1.63. The molecule has 0 aliphatic heterocycles. The Morgan fingerprint density at radius 2 is 1.93 bits per heavy atom. The van der Waals surface area contributed by atoms with Crippen molar-refractivity contribution in [2.75, 3.05) is 25.2 Å². The summed E-state index contributed by atoms with van der Waals surface area (Å²) in [5, 5.41) is 14.3. The van der Waals surface area contributed by atoms with Crippen LogP contribution in [0, 0.1) is 5.92 Å². The minimum absolute atomic E-state index is 0.164. The number of anilines is 1. The number of thioether (sulfide) groups is 2. The van der Waals surface area contributed by atoms with Crippen molar-refractivity contribution in [1.82, 2.24) is 9.97 Å². The fourth-order valence-electron chi connectivity index (χ4n) is 3.44. The van der Waals surface area contributed by atoms with Crippen LogP contribution < -0.4 is 10.1 Å². The first kappa shape index (κ1) is 21.8. The number of carboxylic acid groups (broad SMARTS) is 1. The van der Waals surface area contributed by atoms with E-state index in [4.69, 9.17) is 4.74 Å². The zero-order chi connectivity index (χ0) is 20.6. The van der Waals surface area contributed by atoms with E-state index in [0.717, 1.165) is 17.9 Å². The summed E-state index contributed by atoms with van der Waals surface area (Å²) in [6.45, 7) is 0.758. The molecule has 0 spiro atoms. The van der Waals surface area contributed by atoms with Crippen molar-refractivity contribution >= 4 is 35.3 Å². The number of benzene rings is 1. The van der Waals surface area contributed by atoms with Crippen LogP contribution in [0.25, 0.3) is 0 Å². The molecule has 156 valence electrons. The summed E-state index contributed by atoms with van der Waals surface area (Å²) < 4.78 is 5.19. The molecule has 2 aromatic rings. The fourth-order valence-corrected chi connectivity index (χ4v) is 4.84. The molecule has 1 fully saturated rings. The van der Waals surface area contributed by atoms with Crippen LogP contribution in [0.4, 0.5) is 5.82 Å². The molecule has 8 heteroatoms. The molecule has 0 saturated heterocycles. The number of hydrogen-bond acceptors (Lipinski definition) is 7. The lowest BCUT2D eigenvalue weighted by Crippen LogP contribution is -2.20. The van der Waals surface area contributed by atoms with E-state index in [9.17, 15) is 9.90 Å². The summed E-state index contributed by atoms with van der Waals surface area (Å²) in [6.07, 6.45) is 8.08. The van der Waals surface area contributed by atoms with Crippen molar-refractivity contribution in [3.8, 4) is 5.75 Å². The lowest BCUT2D eigenvalue weighted by Gasteiger charge is -2.22. The number of nitrogens with one attached hydrogen (secondary N) is 1. The Balaban J connectivity index is 1.79. The number of carboxylic acids is 1. The summed E-state index contributed by atoms with van der Waals surface area (Å²) in [5.41, 5.74) is 1.24. The molecule has 1 aromatic carbocycles. The molecule has 0 bridgehead atoms. The Hall–Kier alpha value is -1.93. The molecule has 3 rings (SSSR count). The van der Waals surface area contributed by atoms with Gasteiger partial charge in [-0.2, -0.15) is 0 Å². The number of ether oxygens (including phenoxy) is 1. The Bertz CT molecular complexity index is 825. The Labute approximate surface area is 180 Å². The predicted octanol–water partition coefficient (Wildman–Crippen LogP) is 5.19. The van der Waals surface area contributed by atoms with E-state index in [1.807, 2.05) is 30.5 Å². The first-order chi connectivity index (χ1) is 14.1. The average Bonchev–Trinajstić information content (AvgIpc) is 2.76. The molecule has 0 amide bonds. The van der Waals surface area contributed by atoms with E-state index in [2.05, 4.69) is 15.3 Å². The molecule has 1 aliphatic rings. The summed E-state index contributed by atoms with van der Waals surface area (Å²) >= 11 is 2.84. The molecular formula is C21H27N3O3S2. The van der Waals surface area contributed by atoms with Crippen LogP contribution in [0.2, 0.25) is 0 Å². The van der Waals surface area contributed by atoms with E-state index in [1.165, 1.54) is 55.6 Å². The molecule has 0 atom stereocenters. The van der Waals surface area contributed by atoms with Crippen LogP contribution in [0.1, 0.15) is 48.0 Å². The van der Waals surface area contributed by atoms with Gasteiger partial charge in [0.1, 0.15) is 22.2 Å². The SMILES string of the molecule is COc1ccc(CSc2nc(SC)nc(NCC3CCCCC3)c2C(=O)O)cc1. The highest BCUT2D eigenvalue weighted by molar-refractivity contribution is 7.99. The Morgan fingerprint density at radius 1 is 1.21 bits per heavy atom. The number of nitrogens with zero attached hydrogens (tertiary/aromatic N) is 2. The molecule has 0 radical (unpaired) electrons. The highest BCUT2D eigenvalue weighted by Gasteiger charge is 2.22. The quantitative estimate of drug-likeness (QED) is 0.317. The van der Waals surface area contributed by atoms with Gasteiger partial charge in [0.2, 0.25) is 0 Å². The minimum Gasteiger partial charge on any atom is -0.497 e. The minimum atomic E-state index is -0.999. The maximum absolute atomic E-state index is 12.0. The van der Waals surface area contributed by atoms with Gasteiger partial charge < -0.3 is 15.2 Å². The standard InChI is InChI=1S/C21H27N3O3S2/c1-27-16-10-8-15(9-11-16)13-29-19-17(20(25)26)18(23-21(24-19)28-2)22-12-14-6-4-3-5-7-14/h8-11,14H,3-7,12-13H2,1-2H3,(H,25,26)(H,22,23,24). The second kappa shape index (κ2) is 10.7. The second-order valence-electron chi connectivity index (χ2n) is 7.07. The second-order valence-corrected chi connectivity index (χ2v) is 8.80. The van der Waals surface area contributed by atoms with Gasteiger partial charge in [0, 0.05) is 12.3 Å². The van der Waals surface area contributed by atoms with Gasteiger partial charge in [-0.25, -0.2) is 14.8 Å². The van der Waals surface area contributed by atoms with Gasteiger partial charge in [-0.3, -0.25) is 0 Å². The zero-order valence-corrected chi connectivity index (χ0v) is 18.4. The first-order valence-electron chi connectivity index (χ1n) is 9.79. The van der Waals surface area contributed by atoms with Crippen LogP contribution in [-0.4, -0.2) is 41.0 Å². The number of carbonyl (C=O) groups is 1. The van der Waals surface area contributed by atoms with Gasteiger partial charge in [0.15, 0.2) is 5.16 Å². The number of aromatic carboxylic acids is 1. The van der Waals surface area contributed by atoms with Gasteiger partial charge in [-0.05, 0) is 42.7 Å². The summed E-state index contributed by atoms with van der Waals surface area (Å²) in [6, 6.07) is 7.76. The topological polar surface area (TPSA) is 84.3 Å². The highest BCUT2D eigenvalue weighted by atomic mass is 32.2. The maximum atomic E-state index is 12.0. The van der Waals surface area contributed by atoms with E-state index < -0.39 is 5.97 Å². The number of rotatable bonds is 9. The molecule has 0 unspecified atom stereocenters. The van der Waals surface area contributed by atoms with E-state index in [1.54, 1.807) is 7.11 Å². The van der Waals surface area contributed by atoms with E-state index in [-0.39, 0.29) is 5.56 Å². The fraction of sp³-hybridized carbons (Fsp3) is 0.476. The zero-order valence-electron chi connectivity index (χ0n) is 16.8. The van der Waals surface area contributed by atoms with Crippen molar-refractivity contribution in [2.24, 2.45) is 5.92 Å². The monoisotopic (exact) mass is 433 g/mol. The summed E-state index contributed by atoms with van der Waals surface area (Å²) in [4.78, 5) is 21.0. The van der Waals surface area contributed by atoms with Crippen molar-refractivity contribution < 1.29 is 14.6 Å². The van der Waals surface area contributed by atoms with Crippen LogP contribution in [0.5, 0.6) is 5.75 Å². The van der Waals surface area contributed by atoms with Crippen LogP contribution in [0.3, 0.4) is 0 Å². The maximum Gasteiger partial charge on any atom is 0.342 e. The van der Waals surface area contributed by atoms with Gasteiger partial charge in [-0.15, -0.1) is 11.8 Å². The van der Waals surface area contributed by atoms with Crippen molar-refractivity contribution in [1.29, 1.82) is 0 Å². The van der Waals surface area contributed by atoms with Crippen LogP contribution >= 0.6 is 23.5 Å². The predicted molar refractivity (Wildman–Crippen MR) is 118 cm³/mol. The van der Waals surface area contributed by atoms with Gasteiger partial charge in [0.25, 0.3) is 0 Å².